The van der Waals surface area contributed by atoms with Crippen molar-refractivity contribution in [2.75, 3.05) is 0 Å². The average Bonchev–Trinajstić information content (AvgIpc) is 3.06. The second kappa shape index (κ2) is 4.42. The molecule has 0 saturated heterocycles. The fraction of sp³-hybridized carbons (Fsp3) is 0.357. The summed E-state index contributed by atoms with van der Waals surface area (Å²) in [5.74, 6) is -0.520. The van der Waals surface area contributed by atoms with E-state index in [1.54, 1.807) is 0 Å². The molecule has 1 fully saturated rings. The summed E-state index contributed by atoms with van der Waals surface area (Å²) in [6.07, 6.45) is 2.11. The predicted octanol–water partition coefficient (Wildman–Crippen LogP) is 3.40. The quantitative estimate of drug-likeness (QED) is 0.931. The third-order valence-corrected chi connectivity index (χ3v) is 4.25. The number of hydrogen-bond acceptors (Lipinski definition) is 4. The van der Waals surface area contributed by atoms with Crippen molar-refractivity contribution in [2.24, 2.45) is 0 Å². The van der Waals surface area contributed by atoms with Crippen molar-refractivity contribution >= 4 is 17.3 Å². The van der Waals surface area contributed by atoms with Gasteiger partial charge in [-0.25, -0.2) is 9.78 Å². The van der Waals surface area contributed by atoms with Gasteiger partial charge in [0, 0.05) is 22.9 Å². The van der Waals surface area contributed by atoms with Gasteiger partial charge < -0.3 is 5.11 Å². The number of thiazole rings is 1. The zero-order valence-corrected chi connectivity index (χ0v) is 11.6. The highest BCUT2D eigenvalue weighted by molar-refractivity contribution is 7.17. The second-order valence-electron chi connectivity index (χ2n) is 4.95. The molecule has 0 atom stereocenters. The molecule has 3 rings (SSSR count). The molecule has 2 aromatic heterocycles. The molecular formula is C14H14N2O2S. The summed E-state index contributed by atoms with van der Waals surface area (Å²) in [4.78, 5) is 20.6. The van der Waals surface area contributed by atoms with E-state index in [0.717, 1.165) is 40.5 Å². The fourth-order valence-electron chi connectivity index (χ4n) is 2.20. The van der Waals surface area contributed by atoms with E-state index in [-0.39, 0.29) is 0 Å². The van der Waals surface area contributed by atoms with Crippen molar-refractivity contribution in [3.8, 4) is 10.6 Å². The molecule has 19 heavy (non-hydrogen) atoms. The van der Waals surface area contributed by atoms with Crippen LogP contribution in [0.1, 0.15) is 45.5 Å². The largest absolute Gasteiger partial charge is 0.477 e. The summed E-state index contributed by atoms with van der Waals surface area (Å²) >= 11 is 1.27. The Kier molecular flexibility index (Phi) is 2.86. The Morgan fingerprint density at radius 2 is 1.89 bits per heavy atom. The molecule has 98 valence electrons. The Hall–Kier alpha value is -1.75. The lowest BCUT2D eigenvalue weighted by atomic mass is 10.2. The molecule has 0 bridgehead atoms. The lowest BCUT2D eigenvalue weighted by Crippen LogP contribution is -1.97. The van der Waals surface area contributed by atoms with Gasteiger partial charge in [-0.15, -0.1) is 11.3 Å². The molecule has 4 nitrogen and oxygen atoms in total. The number of rotatable bonds is 3. The first-order valence-electron chi connectivity index (χ1n) is 6.24. The van der Waals surface area contributed by atoms with Crippen LogP contribution in [-0.2, 0) is 0 Å². The number of carbonyl (C=O) groups is 1. The van der Waals surface area contributed by atoms with E-state index < -0.39 is 5.97 Å². The van der Waals surface area contributed by atoms with E-state index in [4.69, 9.17) is 0 Å². The van der Waals surface area contributed by atoms with E-state index in [9.17, 15) is 9.90 Å². The van der Waals surface area contributed by atoms with E-state index in [1.165, 1.54) is 11.3 Å². The minimum Gasteiger partial charge on any atom is -0.477 e. The summed E-state index contributed by atoms with van der Waals surface area (Å²) in [5, 5.41) is 10.1. The van der Waals surface area contributed by atoms with Crippen LogP contribution in [0.15, 0.2) is 12.1 Å². The van der Waals surface area contributed by atoms with Crippen LogP contribution in [0.3, 0.4) is 0 Å². The molecule has 1 aliphatic rings. The van der Waals surface area contributed by atoms with E-state index in [0.29, 0.717) is 10.8 Å². The van der Waals surface area contributed by atoms with Gasteiger partial charge in [0.05, 0.1) is 5.69 Å². The van der Waals surface area contributed by atoms with Crippen molar-refractivity contribution in [3.63, 3.8) is 0 Å². The molecule has 1 aliphatic carbocycles. The van der Waals surface area contributed by atoms with Crippen LogP contribution in [0.5, 0.6) is 0 Å². The SMILES string of the molecule is Cc1cc(-c2nc(C3CC3)c(C(=O)O)s2)cc(C)n1. The minimum absolute atomic E-state index is 0.347. The first kappa shape index (κ1) is 12.3. The molecule has 1 N–H and O–H groups in total. The zero-order valence-electron chi connectivity index (χ0n) is 10.8. The maximum absolute atomic E-state index is 11.3. The van der Waals surface area contributed by atoms with Gasteiger partial charge in [-0.3, -0.25) is 4.98 Å². The Bertz CT molecular complexity index is 639. The van der Waals surface area contributed by atoms with E-state index in [2.05, 4.69) is 9.97 Å². The van der Waals surface area contributed by atoms with E-state index in [1.807, 2.05) is 26.0 Å². The van der Waals surface area contributed by atoms with Gasteiger partial charge in [-0.1, -0.05) is 0 Å². The Labute approximate surface area is 115 Å². The number of carboxylic acids is 1. The molecule has 2 aromatic rings. The summed E-state index contributed by atoms with van der Waals surface area (Å²) in [7, 11) is 0. The number of aromatic carboxylic acids is 1. The normalized spacial score (nSPS) is 14.6. The van der Waals surface area contributed by atoms with Gasteiger partial charge in [-0.2, -0.15) is 0 Å². The first-order valence-corrected chi connectivity index (χ1v) is 7.06. The van der Waals surface area contributed by atoms with Gasteiger partial charge in [-0.05, 0) is 38.8 Å². The lowest BCUT2D eigenvalue weighted by Gasteiger charge is -2.00. The van der Waals surface area contributed by atoms with Gasteiger partial charge in [0.1, 0.15) is 9.88 Å². The number of pyridine rings is 1. The zero-order chi connectivity index (χ0) is 13.6. The number of carboxylic acid groups (broad SMARTS) is 1. The van der Waals surface area contributed by atoms with Crippen LogP contribution in [0.2, 0.25) is 0 Å². The van der Waals surface area contributed by atoms with Gasteiger partial charge in [0.15, 0.2) is 0 Å². The molecule has 1 saturated carbocycles. The third-order valence-electron chi connectivity index (χ3n) is 3.14. The van der Waals surface area contributed by atoms with Gasteiger partial charge in [0.2, 0.25) is 0 Å². The standard InChI is InChI=1S/C14H14N2O2S/c1-7-5-10(6-8(2)15-7)13-16-11(9-3-4-9)12(19-13)14(17)18/h5-6,9H,3-4H2,1-2H3,(H,17,18). The summed E-state index contributed by atoms with van der Waals surface area (Å²) in [6, 6.07) is 3.91. The number of hydrogen-bond donors (Lipinski definition) is 1. The summed E-state index contributed by atoms with van der Waals surface area (Å²) < 4.78 is 0. The molecule has 0 radical (unpaired) electrons. The number of nitrogens with zero attached hydrogens (tertiary/aromatic N) is 2. The Balaban J connectivity index is 2.09. The monoisotopic (exact) mass is 274 g/mol. The van der Waals surface area contributed by atoms with Crippen molar-refractivity contribution in [1.82, 2.24) is 9.97 Å². The van der Waals surface area contributed by atoms with Gasteiger partial charge >= 0.3 is 5.97 Å². The van der Waals surface area contributed by atoms with Crippen molar-refractivity contribution in [2.45, 2.75) is 32.6 Å². The fourth-order valence-corrected chi connectivity index (χ4v) is 3.18. The molecule has 0 aliphatic heterocycles. The maximum Gasteiger partial charge on any atom is 0.347 e. The van der Waals surface area contributed by atoms with Crippen molar-refractivity contribution in [3.05, 3.63) is 34.1 Å². The number of aromatic nitrogens is 2. The van der Waals surface area contributed by atoms with E-state index >= 15 is 0 Å². The Morgan fingerprint density at radius 3 is 2.42 bits per heavy atom. The van der Waals surface area contributed by atoms with Crippen LogP contribution >= 0.6 is 11.3 Å². The lowest BCUT2D eigenvalue weighted by molar-refractivity contribution is 0.0700. The molecule has 0 aromatic carbocycles. The molecule has 2 heterocycles. The summed E-state index contributed by atoms with van der Waals surface area (Å²) in [6.45, 7) is 3.87. The van der Waals surface area contributed by atoms with Crippen molar-refractivity contribution < 1.29 is 9.90 Å². The highest BCUT2D eigenvalue weighted by atomic mass is 32.1. The molecule has 0 spiro atoms. The number of aryl methyl sites for hydroxylation is 2. The predicted molar refractivity (Wildman–Crippen MR) is 73.8 cm³/mol. The summed E-state index contributed by atoms with van der Waals surface area (Å²) in [5.41, 5.74) is 3.58. The highest BCUT2D eigenvalue weighted by Gasteiger charge is 2.32. The van der Waals surface area contributed by atoms with Gasteiger partial charge in [0.25, 0.3) is 0 Å². The maximum atomic E-state index is 11.3. The molecule has 0 amide bonds. The topological polar surface area (TPSA) is 63.1 Å². The first-order chi connectivity index (χ1) is 9.04. The van der Waals surface area contributed by atoms with Crippen LogP contribution in [-0.4, -0.2) is 21.0 Å². The average molecular weight is 274 g/mol. The molecular weight excluding hydrogens is 260 g/mol. The second-order valence-corrected chi connectivity index (χ2v) is 5.95. The third kappa shape index (κ3) is 2.38. The minimum atomic E-state index is -0.867. The molecule has 0 unspecified atom stereocenters. The highest BCUT2D eigenvalue weighted by Crippen LogP contribution is 2.44. The van der Waals surface area contributed by atoms with Crippen LogP contribution < -0.4 is 0 Å². The molecule has 5 heteroatoms. The smallest absolute Gasteiger partial charge is 0.347 e. The van der Waals surface area contributed by atoms with Crippen LogP contribution in [0, 0.1) is 13.8 Å². The Morgan fingerprint density at radius 1 is 1.26 bits per heavy atom. The van der Waals surface area contributed by atoms with Crippen molar-refractivity contribution in [1.29, 1.82) is 0 Å². The van der Waals surface area contributed by atoms with Crippen LogP contribution in [0.4, 0.5) is 0 Å². The van der Waals surface area contributed by atoms with Crippen LogP contribution in [0.25, 0.3) is 10.6 Å².